The second kappa shape index (κ2) is 4.21. The molecule has 1 unspecified atom stereocenters. The van der Waals surface area contributed by atoms with Gasteiger partial charge in [0.2, 0.25) is 5.91 Å². The van der Waals surface area contributed by atoms with E-state index in [-0.39, 0.29) is 18.4 Å². The van der Waals surface area contributed by atoms with Crippen LogP contribution in [0.15, 0.2) is 10.5 Å². The van der Waals surface area contributed by atoms with E-state index in [0.717, 1.165) is 14.2 Å². The van der Waals surface area contributed by atoms with Gasteiger partial charge in [-0.2, -0.15) is 0 Å². The van der Waals surface area contributed by atoms with Gasteiger partial charge in [0.1, 0.15) is 0 Å². The molecule has 0 aliphatic rings. The molecule has 4 N–H and O–H groups in total. The normalized spacial score (nSPS) is 12.8. The van der Waals surface area contributed by atoms with Gasteiger partial charge in [-0.05, 0) is 28.9 Å². The molecule has 0 fully saturated rings. The second-order valence-electron chi connectivity index (χ2n) is 2.83. The van der Waals surface area contributed by atoms with Gasteiger partial charge in [0.25, 0.3) is 0 Å². The lowest BCUT2D eigenvalue weighted by molar-refractivity contribution is -0.118. The fraction of sp³-hybridized carbons (Fsp3) is 0.375. The highest BCUT2D eigenvalue weighted by Crippen LogP contribution is 2.30. The van der Waals surface area contributed by atoms with Crippen LogP contribution in [-0.2, 0) is 4.79 Å². The average molecular weight is 263 g/mol. The summed E-state index contributed by atoms with van der Waals surface area (Å²) in [6.45, 7) is 2.00. The van der Waals surface area contributed by atoms with Crippen molar-refractivity contribution in [2.24, 2.45) is 11.5 Å². The van der Waals surface area contributed by atoms with Crippen LogP contribution in [0.3, 0.4) is 0 Å². The van der Waals surface area contributed by atoms with Gasteiger partial charge in [0, 0.05) is 26.7 Å². The number of hydrogen-bond acceptors (Lipinski definition) is 3. The van der Waals surface area contributed by atoms with Crippen molar-refractivity contribution in [2.75, 3.05) is 0 Å². The third kappa shape index (κ3) is 2.79. The van der Waals surface area contributed by atoms with Gasteiger partial charge in [0.15, 0.2) is 0 Å². The van der Waals surface area contributed by atoms with Crippen molar-refractivity contribution in [3.63, 3.8) is 0 Å². The van der Waals surface area contributed by atoms with E-state index in [4.69, 9.17) is 11.5 Å². The van der Waals surface area contributed by atoms with E-state index in [9.17, 15) is 4.79 Å². The summed E-state index contributed by atoms with van der Waals surface area (Å²) >= 11 is 4.97. The fourth-order valence-corrected chi connectivity index (χ4v) is 2.54. The van der Waals surface area contributed by atoms with E-state index < -0.39 is 0 Å². The Morgan fingerprint density at radius 1 is 1.77 bits per heavy atom. The third-order valence-electron chi connectivity index (χ3n) is 1.66. The highest BCUT2D eigenvalue weighted by atomic mass is 79.9. The molecule has 0 spiro atoms. The van der Waals surface area contributed by atoms with Gasteiger partial charge in [-0.25, -0.2) is 0 Å². The zero-order valence-corrected chi connectivity index (χ0v) is 9.61. The standard InChI is InChI=1S/C8H11BrN2OS/c1-4-5(9)2-7(13-4)6(10)3-8(11)12/h2,6H,3,10H2,1H3,(H2,11,12). The van der Waals surface area contributed by atoms with Crippen molar-refractivity contribution >= 4 is 33.2 Å². The Balaban J connectivity index is 2.77. The first-order valence-electron chi connectivity index (χ1n) is 3.80. The van der Waals surface area contributed by atoms with Crippen LogP contribution in [0.5, 0.6) is 0 Å². The first-order chi connectivity index (χ1) is 6.00. The quantitative estimate of drug-likeness (QED) is 0.871. The molecule has 0 radical (unpaired) electrons. The number of hydrogen-bond donors (Lipinski definition) is 2. The van der Waals surface area contributed by atoms with Crippen molar-refractivity contribution in [3.05, 3.63) is 20.3 Å². The first kappa shape index (κ1) is 10.7. The summed E-state index contributed by atoms with van der Waals surface area (Å²) in [5, 5.41) is 0. The van der Waals surface area contributed by atoms with Crippen LogP contribution in [0.4, 0.5) is 0 Å². The van der Waals surface area contributed by atoms with E-state index in [0.29, 0.717) is 0 Å². The minimum atomic E-state index is -0.366. The Morgan fingerprint density at radius 2 is 2.38 bits per heavy atom. The van der Waals surface area contributed by atoms with Gasteiger partial charge in [0.05, 0.1) is 0 Å². The molecule has 1 aromatic heterocycles. The number of carbonyl (C=O) groups is 1. The van der Waals surface area contributed by atoms with Crippen LogP contribution in [0, 0.1) is 6.92 Å². The van der Waals surface area contributed by atoms with Crippen molar-refractivity contribution in [1.82, 2.24) is 0 Å². The molecule has 3 nitrogen and oxygen atoms in total. The maximum atomic E-state index is 10.6. The first-order valence-corrected chi connectivity index (χ1v) is 5.41. The number of primary amides is 1. The van der Waals surface area contributed by atoms with E-state index in [1.54, 1.807) is 11.3 Å². The van der Waals surface area contributed by atoms with Crippen molar-refractivity contribution in [1.29, 1.82) is 0 Å². The van der Waals surface area contributed by atoms with E-state index in [1.807, 2.05) is 13.0 Å². The number of nitrogens with two attached hydrogens (primary N) is 2. The van der Waals surface area contributed by atoms with Crippen molar-refractivity contribution in [3.8, 4) is 0 Å². The minimum Gasteiger partial charge on any atom is -0.370 e. The molecule has 13 heavy (non-hydrogen) atoms. The smallest absolute Gasteiger partial charge is 0.219 e. The van der Waals surface area contributed by atoms with Crippen LogP contribution >= 0.6 is 27.3 Å². The zero-order valence-electron chi connectivity index (χ0n) is 7.21. The molecular weight excluding hydrogens is 252 g/mol. The Morgan fingerprint density at radius 3 is 2.77 bits per heavy atom. The molecular formula is C8H11BrN2OS. The number of carbonyl (C=O) groups excluding carboxylic acids is 1. The summed E-state index contributed by atoms with van der Waals surface area (Å²) in [4.78, 5) is 12.8. The lowest BCUT2D eigenvalue weighted by Gasteiger charge is -2.05. The lowest BCUT2D eigenvalue weighted by Crippen LogP contribution is -2.19. The topological polar surface area (TPSA) is 69.1 Å². The minimum absolute atomic E-state index is 0.201. The highest BCUT2D eigenvalue weighted by molar-refractivity contribution is 9.10. The van der Waals surface area contributed by atoms with Crippen molar-refractivity contribution in [2.45, 2.75) is 19.4 Å². The summed E-state index contributed by atoms with van der Waals surface area (Å²) in [5.74, 6) is -0.366. The maximum Gasteiger partial charge on any atom is 0.219 e. The summed E-state index contributed by atoms with van der Waals surface area (Å²) in [6.07, 6.45) is 0.201. The molecule has 72 valence electrons. The molecule has 1 heterocycles. The zero-order chi connectivity index (χ0) is 10.0. The molecule has 0 bridgehead atoms. The van der Waals surface area contributed by atoms with Crippen LogP contribution in [0.1, 0.15) is 22.2 Å². The van der Waals surface area contributed by atoms with Gasteiger partial charge < -0.3 is 11.5 Å². The Bertz CT molecular complexity index is 304. The molecule has 0 aliphatic heterocycles. The van der Waals surface area contributed by atoms with Gasteiger partial charge in [-0.3, -0.25) is 4.79 Å². The molecule has 0 aliphatic carbocycles. The monoisotopic (exact) mass is 262 g/mol. The molecule has 0 aromatic carbocycles. The van der Waals surface area contributed by atoms with E-state index in [1.165, 1.54) is 0 Å². The van der Waals surface area contributed by atoms with Crippen LogP contribution in [0.25, 0.3) is 0 Å². The molecule has 0 saturated heterocycles. The molecule has 1 aromatic rings. The van der Waals surface area contributed by atoms with Gasteiger partial charge >= 0.3 is 0 Å². The molecule has 1 rings (SSSR count). The van der Waals surface area contributed by atoms with Crippen LogP contribution < -0.4 is 11.5 Å². The summed E-state index contributed by atoms with van der Waals surface area (Å²) < 4.78 is 1.03. The highest BCUT2D eigenvalue weighted by Gasteiger charge is 2.12. The summed E-state index contributed by atoms with van der Waals surface area (Å²) in [7, 11) is 0. The summed E-state index contributed by atoms with van der Waals surface area (Å²) in [6, 6.07) is 1.67. The molecule has 1 atom stereocenters. The van der Waals surface area contributed by atoms with E-state index in [2.05, 4.69) is 15.9 Å². The SMILES string of the molecule is Cc1sc(C(N)CC(N)=O)cc1Br. The number of aryl methyl sites for hydroxylation is 1. The van der Waals surface area contributed by atoms with Crippen molar-refractivity contribution < 1.29 is 4.79 Å². The summed E-state index contributed by atoms with van der Waals surface area (Å²) in [5.41, 5.74) is 10.8. The lowest BCUT2D eigenvalue weighted by atomic mass is 10.2. The number of halogens is 1. The number of thiophene rings is 1. The van der Waals surface area contributed by atoms with Crippen LogP contribution in [0.2, 0.25) is 0 Å². The van der Waals surface area contributed by atoms with Gasteiger partial charge in [-0.15, -0.1) is 11.3 Å². The Kier molecular flexibility index (Phi) is 3.47. The number of rotatable bonds is 3. The second-order valence-corrected chi connectivity index (χ2v) is 4.97. The fourth-order valence-electron chi connectivity index (χ4n) is 0.982. The van der Waals surface area contributed by atoms with E-state index >= 15 is 0 Å². The average Bonchev–Trinajstić information content (AvgIpc) is 2.31. The third-order valence-corrected chi connectivity index (χ3v) is 3.93. The Labute approximate surface area is 89.2 Å². The molecule has 1 amide bonds. The predicted molar refractivity (Wildman–Crippen MR) is 57.5 cm³/mol. The Hall–Kier alpha value is -0.390. The molecule has 0 saturated carbocycles. The van der Waals surface area contributed by atoms with Crippen LogP contribution in [-0.4, -0.2) is 5.91 Å². The largest absolute Gasteiger partial charge is 0.370 e. The predicted octanol–water partition coefficient (Wildman–Crippen LogP) is 1.69. The maximum absolute atomic E-state index is 10.6. The molecule has 5 heteroatoms. The number of amides is 1. The van der Waals surface area contributed by atoms with Gasteiger partial charge in [-0.1, -0.05) is 0 Å².